The normalized spacial score (nSPS) is 11.4. The van der Waals surface area contributed by atoms with Crippen molar-refractivity contribution >= 4 is 22.5 Å². The molecular weight excluding hydrogens is 402 g/mol. The van der Waals surface area contributed by atoms with Crippen molar-refractivity contribution in [3.8, 4) is 11.1 Å². The standard InChI is InChI=1S/C24H27N7O/c1-30(2)14-16-7-19(12-25-10-16)18-5-6-22-21(9-18)23(29-28-22)24(32)27-20-8-17(11-26-13-20)15-31(3)4/h5-13H,14-15H2,1-4H3,(H,27,32)(H,28,29). The Morgan fingerprint density at radius 3 is 2.28 bits per heavy atom. The zero-order chi connectivity index (χ0) is 22.7. The molecule has 4 aromatic rings. The fourth-order valence-electron chi connectivity index (χ4n) is 3.66. The maximum absolute atomic E-state index is 13.0. The summed E-state index contributed by atoms with van der Waals surface area (Å²) in [7, 11) is 8.04. The van der Waals surface area contributed by atoms with Gasteiger partial charge in [0.2, 0.25) is 0 Å². The Bertz CT molecular complexity index is 1250. The number of pyridine rings is 2. The molecule has 1 aromatic carbocycles. The van der Waals surface area contributed by atoms with Crippen molar-refractivity contribution in [1.29, 1.82) is 0 Å². The van der Waals surface area contributed by atoms with Gasteiger partial charge in [-0.25, -0.2) is 0 Å². The highest BCUT2D eigenvalue weighted by Crippen LogP contribution is 2.26. The summed E-state index contributed by atoms with van der Waals surface area (Å²) < 4.78 is 0. The van der Waals surface area contributed by atoms with E-state index in [9.17, 15) is 4.79 Å². The predicted octanol–water partition coefficient (Wildman–Crippen LogP) is 3.40. The van der Waals surface area contributed by atoms with Crippen LogP contribution in [0.3, 0.4) is 0 Å². The van der Waals surface area contributed by atoms with E-state index >= 15 is 0 Å². The fraction of sp³-hybridized carbons (Fsp3) is 0.250. The number of aromatic nitrogens is 4. The first-order chi connectivity index (χ1) is 15.4. The molecule has 0 unspecified atom stereocenters. The highest BCUT2D eigenvalue weighted by Gasteiger charge is 2.16. The molecule has 3 heterocycles. The highest BCUT2D eigenvalue weighted by atomic mass is 16.1. The van der Waals surface area contributed by atoms with Crippen molar-refractivity contribution < 1.29 is 4.79 Å². The van der Waals surface area contributed by atoms with Gasteiger partial charge in [0, 0.05) is 42.6 Å². The summed E-state index contributed by atoms with van der Waals surface area (Å²) in [5.74, 6) is -0.281. The van der Waals surface area contributed by atoms with Gasteiger partial charge in [0.15, 0.2) is 5.69 Å². The molecule has 4 rings (SSSR count). The Kier molecular flexibility index (Phi) is 6.25. The van der Waals surface area contributed by atoms with Crippen molar-refractivity contribution in [2.75, 3.05) is 33.5 Å². The van der Waals surface area contributed by atoms with Crippen molar-refractivity contribution in [2.45, 2.75) is 13.1 Å². The molecule has 2 N–H and O–H groups in total. The summed E-state index contributed by atoms with van der Waals surface area (Å²) in [4.78, 5) is 25.8. The molecule has 0 atom stereocenters. The first kappa shape index (κ1) is 21.6. The zero-order valence-corrected chi connectivity index (χ0v) is 18.8. The van der Waals surface area contributed by atoms with Crippen LogP contribution in [0.15, 0.2) is 55.1 Å². The molecular formula is C24H27N7O. The summed E-state index contributed by atoms with van der Waals surface area (Å²) in [6.07, 6.45) is 7.14. The minimum Gasteiger partial charge on any atom is -0.319 e. The second kappa shape index (κ2) is 9.25. The highest BCUT2D eigenvalue weighted by molar-refractivity contribution is 6.11. The lowest BCUT2D eigenvalue weighted by molar-refractivity contribution is 0.102. The number of nitrogens with zero attached hydrogens (tertiary/aromatic N) is 5. The van der Waals surface area contributed by atoms with Gasteiger partial charge in [-0.05, 0) is 69.1 Å². The second-order valence-corrected chi connectivity index (χ2v) is 8.43. The molecule has 32 heavy (non-hydrogen) atoms. The maximum atomic E-state index is 13.0. The summed E-state index contributed by atoms with van der Waals surface area (Å²) in [5.41, 5.74) is 5.92. The third kappa shape index (κ3) is 4.99. The van der Waals surface area contributed by atoms with Crippen LogP contribution in [-0.2, 0) is 13.1 Å². The summed E-state index contributed by atoms with van der Waals surface area (Å²) >= 11 is 0. The van der Waals surface area contributed by atoms with E-state index in [1.165, 1.54) is 0 Å². The quantitative estimate of drug-likeness (QED) is 0.468. The third-order valence-electron chi connectivity index (χ3n) is 4.96. The smallest absolute Gasteiger partial charge is 0.276 e. The molecule has 0 aliphatic carbocycles. The lowest BCUT2D eigenvalue weighted by atomic mass is 10.0. The van der Waals surface area contributed by atoms with E-state index < -0.39 is 0 Å². The Morgan fingerprint density at radius 2 is 1.56 bits per heavy atom. The summed E-state index contributed by atoms with van der Waals surface area (Å²) in [5, 5.41) is 10.9. The number of rotatable bonds is 7. The molecule has 8 heteroatoms. The molecule has 0 spiro atoms. The number of hydrogen-bond donors (Lipinski definition) is 2. The van der Waals surface area contributed by atoms with Gasteiger partial charge in [0.05, 0.1) is 17.4 Å². The van der Waals surface area contributed by atoms with Crippen molar-refractivity contribution in [2.24, 2.45) is 0 Å². The van der Waals surface area contributed by atoms with Crippen molar-refractivity contribution in [1.82, 2.24) is 30.0 Å². The van der Waals surface area contributed by atoms with Gasteiger partial charge in [-0.15, -0.1) is 0 Å². The van der Waals surface area contributed by atoms with Crippen LogP contribution in [-0.4, -0.2) is 64.1 Å². The topological polar surface area (TPSA) is 90.0 Å². The number of carbonyl (C=O) groups is 1. The number of aromatic amines is 1. The van der Waals surface area contributed by atoms with Gasteiger partial charge in [0.1, 0.15) is 0 Å². The first-order valence-electron chi connectivity index (χ1n) is 10.4. The SMILES string of the molecule is CN(C)Cc1cncc(NC(=O)c2n[nH]c3ccc(-c4cncc(CN(C)C)c4)cc23)c1. The fourth-order valence-corrected chi connectivity index (χ4v) is 3.66. The second-order valence-electron chi connectivity index (χ2n) is 8.43. The number of anilines is 1. The molecule has 0 saturated heterocycles. The number of benzene rings is 1. The van der Waals surface area contributed by atoms with Crippen molar-refractivity contribution in [3.63, 3.8) is 0 Å². The van der Waals surface area contributed by atoms with Crippen LogP contribution in [0, 0.1) is 0 Å². The van der Waals surface area contributed by atoms with Crippen LogP contribution in [0.1, 0.15) is 21.6 Å². The van der Waals surface area contributed by atoms with Crippen LogP contribution in [0.5, 0.6) is 0 Å². The minimum absolute atomic E-state index is 0.281. The molecule has 0 aliphatic heterocycles. The number of nitrogens with one attached hydrogen (secondary N) is 2. The third-order valence-corrected chi connectivity index (χ3v) is 4.96. The van der Waals surface area contributed by atoms with Gasteiger partial charge in [-0.3, -0.25) is 19.9 Å². The predicted molar refractivity (Wildman–Crippen MR) is 126 cm³/mol. The van der Waals surface area contributed by atoms with Crippen LogP contribution in [0.2, 0.25) is 0 Å². The van der Waals surface area contributed by atoms with Gasteiger partial charge >= 0.3 is 0 Å². The Balaban J connectivity index is 1.61. The summed E-state index contributed by atoms with van der Waals surface area (Å²) in [6, 6.07) is 9.97. The van der Waals surface area contributed by atoms with E-state index in [1.54, 1.807) is 12.4 Å². The van der Waals surface area contributed by atoms with Gasteiger partial charge in [-0.2, -0.15) is 5.10 Å². The van der Waals surface area contributed by atoms with Crippen molar-refractivity contribution in [3.05, 3.63) is 71.9 Å². The van der Waals surface area contributed by atoms with E-state index in [2.05, 4.69) is 36.4 Å². The molecule has 164 valence electrons. The van der Waals surface area contributed by atoms with E-state index in [0.717, 1.165) is 46.2 Å². The number of H-pyrrole nitrogens is 1. The van der Waals surface area contributed by atoms with Crippen LogP contribution >= 0.6 is 0 Å². The average Bonchev–Trinajstić information content (AvgIpc) is 3.16. The lowest BCUT2D eigenvalue weighted by Gasteiger charge is -2.11. The molecule has 0 radical (unpaired) electrons. The molecule has 0 bridgehead atoms. The lowest BCUT2D eigenvalue weighted by Crippen LogP contribution is -2.14. The van der Waals surface area contributed by atoms with Crippen LogP contribution < -0.4 is 5.32 Å². The van der Waals surface area contributed by atoms with Gasteiger partial charge in [-0.1, -0.05) is 6.07 Å². The Morgan fingerprint density at radius 1 is 0.875 bits per heavy atom. The summed E-state index contributed by atoms with van der Waals surface area (Å²) in [6.45, 7) is 1.55. The molecule has 3 aromatic heterocycles. The largest absolute Gasteiger partial charge is 0.319 e. The average molecular weight is 430 g/mol. The minimum atomic E-state index is -0.281. The Hall–Kier alpha value is -3.62. The van der Waals surface area contributed by atoms with E-state index in [-0.39, 0.29) is 5.91 Å². The van der Waals surface area contributed by atoms with Gasteiger partial charge in [0.25, 0.3) is 5.91 Å². The molecule has 0 saturated carbocycles. The Labute approximate surface area is 187 Å². The van der Waals surface area contributed by atoms with Gasteiger partial charge < -0.3 is 15.1 Å². The number of amides is 1. The monoisotopic (exact) mass is 429 g/mol. The van der Waals surface area contributed by atoms with Crippen LogP contribution in [0.4, 0.5) is 5.69 Å². The molecule has 1 amide bonds. The molecule has 8 nitrogen and oxygen atoms in total. The molecule has 0 fully saturated rings. The molecule has 0 aliphatic rings. The number of hydrogen-bond acceptors (Lipinski definition) is 6. The number of fused-ring (bicyclic) bond motifs is 1. The van der Waals surface area contributed by atoms with E-state index in [1.807, 2.05) is 69.7 Å². The zero-order valence-electron chi connectivity index (χ0n) is 18.8. The van der Waals surface area contributed by atoms with Crippen LogP contribution in [0.25, 0.3) is 22.0 Å². The number of carbonyl (C=O) groups excluding carboxylic acids is 1. The maximum Gasteiger partial charge on any atom is 0.276 e. The first-order valence-corrected chi connectivity index (χ1v) is 10.4. The van der Waals surface area contributed by atoms with E-state index in [4.69, 9.17) is 0 Å². The van der Waals surface area contributed by atoms with E-state index in [0.29, 0.717) is 11.4 Å².